The summed E-state index contributed by atoms with van der Waals surface area (Å²) in [4.78, 5) is 19.6. The average Bonchev–Trinajstić information content (AvgIpc) is 3.12. The Morgan fingerprint density at radius 2 is 2.04 bits per heavy atom. The minimum Gasteiger partial charge on any atom is -0.444 e. The molecule has 1 saturated heterocycles. The van der Waals surface area contributed by atoms with Crippen molar-refractivity contribution >= 4 is 6.09 Å². The monoisotopic (exact) mass is 326 g/mol. The second-order valence-electron chi connectivity index (χ2n) is 7.09. The van der Waals surface area contributed by atoms with Crippen molar-refractivity contribution < 1.29 is 14.4 Å². The first-order valence-corrected chi connectivity index (χ1v) is 8.07. The van der Waals surface area contributed by atoms with E-state index < -0.39 is 11.2 Å². The first-order chi connectivity index (χ1) is 11.4. The largest absolute Gasteiger partial charge is 0.444 e. The Morgan fingerprint density at radius 1 is 1.29 bits per heavy atom. The number of carbonyl (C=O) groups excluding carboxylic acids is 1. The molecule has 126 valence electrons. The van der Waals surface area contributed by atoms with Crippen LogP contribution in [0.2, 0.25) is 0 Å². The Morgan fingerprint density at radius 3 is 2.75 bits per heavy atom. The van der Waals surface area contributed by atoms with Crippen LogP contribution >= 0.6 is 0 Å². The molecule has 0 bridgehead atoms. The van der Waals surface area contributed by atoms with Crippen LogP contribution in [0.15, 0.2) is 42.1 Å². The number of rotatable bonds is 0. The minimum atomic E-state index is -0.516. The molecule has 0 saturated carbocycles. The highest BCUT2D eigenvalue weighted by molar-refractivity contribution is 5.69. The number of hydrogen-bond donors (Lipinski definition) is 1. The van der Waals surface area contributed by atoms with E-state index >= 15 is 0 Å². The number of nitrogens with zero attached hydrogens (tertiary/aromatic N) is 1. The molecule has 0 aliphatic carbocycles. The second-order valence-corrected chi connectivity index (χ2v) is 7.09. The first-order valence-electron chi connectivity index (χ1n) is 8.07. The Balaban J connectivity index is 1.65. The van der Waals surface area contributed by atoms with E-state index in [-0.39, 0.29) is 6.09 Å². The van der Waals surface area contributed by atoms with Crippen molar-refractivity contribution in [3.8, 4) is 11.8 Å². The zero-order valence-electron chi connectivity index (χ0n) is 14.3. The van der Waals surface area contributed by atoms with Crippen LogP contribution in [0.5, 0.6) is 0 Å². The maximum atomic E-state index is 12.2. The summed E-state index contributed by atoms with van der Waals surface area (Å²) in [5.74, 6) is 6.16. The lowest BCUT2D eigenvalue weighted by atomic mass is 10.0. The lowest BCUT2D eigenvalue weighted by Crippen LogP contribution is -2.39. The van der Waals surface area contributed by atoms with E-state index in [1.165, 1.54) is 0 Å². The SMILES string of the molecule is CC(C)(C)OC(=O)N1CCC2(C=C(C#Cc3ccccc3)NO2)C1. The quantitative estimate of drug-likeness (QED) is 0.745. The van der Waals surface area contributed by atoms with Crippen LogP contribution in [-0.4, -0.2) is 35.3 Å². The molecule has 1 fully saturated rings. The smallest absolute Gasteiger partial charge is 0.410 e. The molecular formula is C19H22N2O3. The van der Waals surface area contributed by atoms with Gasteiger partial charge in [0, 0.05) is 18.5 Å². The second kappa shape index (κ2) is 6.21. The summed E-state index contributed by atoms with van der Waals surface area (Å²) in [6, 6.07) is 9.78. The highest BCUT2D eigenvalue weighted by Gasteiger charge is 2.44. The molecule has 5 nitrogen and oxygen atoms in total. The lowest BCUT2D eigenvalue weighted by molar-refractivity contribution is -0.0338. The zero-order chi connectivity index (χ0) is 17.2. The van der Waals surface area contributed by atoms with Crippen LogP contribution in [0.4, 0.5) is 4.79 Å². The number of allylic oxidation sites excluding steroid dienone is 1. The minimum absolute atomic E-state index is 0.305. The van der Waals surface area contributed by atoms with Crippen LogP contribution in [0.1, 0.15) is 32.8 Å². The number of nitrogens with one attached hydrogen (secondary N) is 1. The van der Waals surface area contributed by atoms with E-state index in [1.807, 2.05) is 57.2 Å². The molecule has 1 aromatic rings. The number of carbonyl (C=O) groups is 1. The Kier molecular flexibility index (Phi) is 4.25. The Bertz CT molecular complexity index is 710. The van der Waals surface area contributed by atoms with Gasteiger partial charge in [-0.1, -0.05) is 24.1 Å². The van der Waals surface area contributed by atoms with Crippen molar-refractivity contribution in [1.29, 1.82) is 0 Å². The highest BCUT2D eigenvalue weighted by Crippen LogP contribution is 2.31. The van der Waals surface area contributed by atoms with Gasteiger partial charge in [-0.15, -0.1) is 0 Å². The van der Waals surface area contributed by atoms with E-state index in [0.29, 0.717) is 13.1 Å². The van der Waals surface area contributed by atoms with Gasteiger partial charge in [0.05, 0.1) is 6.54 Å². The molecule has 1 amide bonds. The zero-order valence-corrected chi connectivity index (χ0v) is 14.3. The molecular weight excluding hydrogens is 304 g/mol. The van der Waals surface area contributed by atoms with Gasteiger partial charge in [0.15, 0.2) is 0 Å². The Labute approximate surface area is 142 Å². The molecule has 1 unspecified atom stereocenters. The fraction of sp³-hybridized carbons (Fsp3) is 0.421. The van der Waals surface area contributed by atoms with Gasteiger partial charge in [-0.25, -0.2) is 4.79 Å². The van der Waals surface area contributed by atoms with E-state index in [4.69, 9.17) is 9.57 Å². The topological polar surface area (TPSA) is 50.8 Å². The van der Waals surface area contributed by atoms with Crippen molar-refractivity contribution in [3.63, 3.8) is 0 Å². The van der Waals surface area contributed by atoms with E-state index in [9.17, 15) is 4.79 Å². The van der Waals surface area contributed by atoms with Crippen molar-refractivity contribution in [1.82, 2.24) is 10.4 Å². The van der Waals surface area contributed by atoms with Gasteiger partial charge in [0.1, 0.15) is 16.9 Å². The fourth-order valence-corrected chi connectivity index (χ4v) is 2.69. The molecule has 3 rings (SSSR count). The van der Waals surface area contributed by atoms with E-state index in [1.54, 1.807) is 4.90 Å². The molecule has 5 heteroatoms. The van der Waals surface area contributed by atoms with Crippen molar-refractivity contribution in [3.05, 3.63) is 47.7 Å². The fourth-order valence-electron chi connectivity index (χ4n) is 2.69. The summed E-state index contributed by atoms with van der Waals surface area (Å²) in [5.41, 5.74) is 3.54. The van der Waals surface area contributed by atoms with Crippen LogP contribution in [0.3, 0.4) is 0 Å². The van der Waals surface area contributed by atoms with E-state index in [2.05, 4.69) is 17.3 Å². The van der Waals surface area contributed by atoms with Crippen LogP contribution < -0.4 is 5.48 Å². The summed E-state index contributed by atoms with van der Waals surface area (Å²) in [7, 11) is 0. The van der Waals surface area contributed by atoms with Gasteiger partial charge in [-0.2, -0.15) is 0 Å². The summed E-state index contributed by atoms with van der Waals surface area (Å²) in [6.07, 6.45) is 2.38. The average molecular weight is 326 g/mol. The van der Waals surface area contributed by atoms with Crippen LogP contribution in [0.25, 0.3) is 0 Å². The van der Waals surface area contributed by atoms with Gasteiger partial charge in [0.25, 0.3) is 0 Å². The third-order valence-corrected chi connectivity index (χ3v) is 3.80. The number of ether oxygens (including phenoxy) is 1. The highest BCUT2D eigenvalue weighted by atomic mass is 16.7. The number of hydrogen-bond acceptors (Lipinski definition) is 4. The van der Waals surface area contributed by atoms with Gasteiger partial charge in [-0.05, 0) is 44.9 Å². The van der Waals surface area contributed by atoms with Crippen molar-refractivity contribution in [2.45, 2.75) is 38.4 Å². The number of benzene rings is 1. The lowest BCUT2D eigenvalue weighted by Gasteiger charge is -2.25. The first kappa shape index (κ1) is 16.4. The van der Waals surface area contributed by atoms with Gasteiger partial charge < -0.3 is 9.64 Å². The van der Waals surface area contributed by atoms with E-state index in [0.717, 1.165) is 17.7 Å². The predicted octanol–water partition coefficient (Wildman–Crippen LogP) is 2.84. The van der Waals surface area contributed by atoms with Gasteiger partial charge in [0.2, 0.25) is 0 Å². The number of amides is 1. The molecule has 0 aromatic heterocycles. The summed E-state index contributed by atoms with van der Waals surface area (Å²) < 4.78 is 5.42. The van der Waals surface area contributed by atoms with Crippen LogP contribution in [-0.2, 0) is 9.57 Å². The molecule has 2 aliphatic heterocycles. The summed E-state index contributed by atoms with van der Waals surface area (Å²) >= 11 is 0. The van der Waals surface area contributed by atoms with Gasteiger partial charge >= 0.3 is 6.09 Å². The van der Waals surface area contributed by atoms with Crippen molar-refractivity contribution in [2.24, 2.45) is 0 Å². The summed E-state index contributed by atoms with van der Waals surface area (Å²) in [6.45, 7) is 6.66. The molecule has 0 radical (unpaired) electrons. The molecule has 1 atom stereocenters. The van der Waals surface area contributed by atoms with Crippen LogP contribution in [0, 0.1) is 11.8 Å². The third-order valence-electron chi connectivity index (χ3n) is 3.80. The Hall–Kier alpha value is -2.45. The molecule has 24 heavy (non-hydrogen) atoms. The molecule has 1 aromatic carbocycles. The molecule has 2 aliphatic rings. The maximum absolute atomic E-state index is 12.2. The molecule has 2 heterocycles. The molecule has 1 spiro atoms. The summed E-state index contributed by atoms with van der Waals surface area (Å²) in [5, 5.41) is 0. The standard InChI is InChI=1S/C19H22N2O3/c1-18(2,3)23-17(22)21-12-11-19(14-21)13-16(20-24-19)10-9-15-7-5-4-6-8-15/h4-8,13,20H,11-12,14H2,1-3H3. The number of hydroxylamine groups is 1. The third kappa shape index (κ3) is 3.90. The van der Waals surface area contributed by atoms with Crippen molar-refractivity contribution in [2.75, 3.05) is 13.1 Å². The van der Waals surface area contributed by atoms with Gasteiger partial charge in [-0.3, -0.25) is 10.3 Å². The predicted molar refractivity (Wildman–Crippen MR) is 90.8 cm³/mol. The maximum Gasteiger partial charge on any atom is 0.410 e. The number of likely N-dealkylation sites (tertiary alicyclic amines) is 1. The molecule has 1 N–H and O–H groups in total. The normalized spacial score (nSPS) is 22.6.